The van der Waals surface area contributed by atoms with E-state index in [4.69, 9.17) is 0 Å². The number of hydrogen-bond acceptors (Lipinski definition) is 4. The van der Waals surface area contributed by atoms with Crippen LogP contribution in [-0.2, 0) is 11.2 Å². The van der Waals surface area contributed by atoms with Gasteiger partial charge >= 0.3 is 0 Å². The number of carbonyl (C=O) groups excluding carboxylic acids is 1. The van der Waals surface area contributed by atoms with Crippen molar-refractivity contribution in [2.24, 2.45) is 0 Å². The van der Waals surface area contributed by atoms with Gasteiger partial charge in [-0.25, -0.2) is 9.50 Å². The van der Waals surface area contributed by atoms with Gasteiger partial charge in [0.25, 0.3) is 0 Å². The van der Waals surface area contributed by atoms with Gasteiger partial charge < -0.3 is 10.2 Å². The maximum Gasteiger partial charge on any atom is 0.223 e. The molecule has 1 aliphatic heterocycles. The Morgan fingerprint density at radius 3 is 2.83 bits per heavy atom. The first kappa shape index (κ1) is 18.7. The lowest BCUT2D eigenvalue weighted by Gasteiger charge is -2.32. The molecule has 1 amide bonds. The van der Waals surface area contributed by atoms with Gasteiger partial charge in [0.2, 0.25) is 5.91 Å². The van der Waals surface area contributed by atoms with Crippen molar-refractivity contribution in [2.75, 3.05) is 19.6 Å². The fourth-order valence-corrected chi connectivity index (χ4v) is 3.35. The van der Waals surface area contributed by atoms with Crippen LogP contribution in [0.3, 0.4) is 0 Å². The highest BCUT2D eigenvalue weighted by molar-refractivity contribution is 5.85. The number of aromatic nitrogens is 3. The second kappa shape index (κ2) is 7.49. The molecule has 3 heterocycles. The molecule has 3 rings (SSSR count). The summed E-state index contributed by atoms with van der Waals surface area (Å²) in [6.45, 7) is 10.6. The van der Waals surface area contributed by atoms with Gasteiger partial charge in [-0.05, 0) is 39.7 Å². The van der Waals surface area contributed by atoms with Crippen LogP contribution < -0.4 is 5.32 Å². The third-order valence-corrected chi connectivity index (χ3v) is 4.60. The Morgan fingerprint density at radius 2 is 2.12 bits per heavy atom. The summed E-state index contributed by atoms with van der Waals surface area (Å²) in [5.74, 6) is 0.230. The zero-order valence-electron chi connectivity index (χ0n) is 14.8. The smallest absolute Gasteiger partial charge is 0.223 e. The summed E-state index contributed by atoms with van der Waals surface area (Å²) in [4.78, 5) is 19.1. The number of halogens is 1. The molecule has 0 bridgehead atoms. The van der Waals surface area contributed by atoms with Gasteiger partial charge in [0.05, 0.1) is 5.69 Å². The Kier molecular flexibility index (Phi) is 5.83. The summed E-state index contributed by atoms with van der Waals surface area (Å²) in [6.07, 6.45) is 1.25. The zero-order valence-corrected chi connectivity index (χ0v) is 15.6. The Balaban J connectivity index is 0.00000208. The Morgan fingerprint density at radius 1 is 1.38 bits per heavy atom. The van der Waals surface area contributed by atoms with Gasteiger partial charge in [0.1, 0.15) is 0 Å². The molecule has 1 N–H and O–H groups in total. The van der Waals surface area contributed by atoms with Crippen LogP contribution in [0.5, 0.6) is 0 Å². The molecular formula is C17H26ClN5O. The molecule has 0 radical (unpaired) electrons. The van der Waals surface area contributed by atoms with Crippen LogP contribution in [0.4, 0.5) is 0 Å². The summed E-state index contributed by atoms with van der Waals surface area (Å²) in [5, 5.41) is 7.86. The zero-order chi connectivity index (χ0) is 16.6. The van der Waals surface area contributed by atoms with E-state index < -0.39 is 0 Å². The predicted octanol–water partition coefficient (Wildman–Crippen LogP) is 1.83. The first-order chi connectivity index (χ1) is 11.0. The van der Waals surface area contributed by atoms with E-state index in [2.05, 4.69) is 29.2 Å². The van der Waals surface area contributed by atoms with E-state index in [9.17, 15) is 4.79 Å². The molecule has 7 heteroatoms. The quantitative estimate of drug-likeness (QED) is 0.916. The van der Waals surface area contributed by atoms with Crippen molar-refractivity contribution in [3.63, 3.8) is 0 Å². The van der Waals surface area contributed by atoms with Gasteiger partial charge in [-0.2, -0.15) is 5.10 Å². The Bertz CT molecular complexity index is 742. The van der Waals surface area contributed by atoms with E-state index in [1.54, 1.807) is 0 Å². The summed E-state index contributed by atoms with van der Waals surface area (Å²) < 4.78 is 1.88. The lowest BCUT2D eigenvalue weighted by molar-refractivity contribution is -0.132. The van der Waals surface area contributed by atoms with Gasteiger partial charge in [-0.1, -0.05) is 0 Å². The molecule has 0 aromatic carbocycles. The molecule has 0 spiro atoms. The first-order valence-electron chi connectivity index (χ1n) is 8.29. The van der Waals surface area contributed by atoms with Crippen molar-refractivity contribution in [3.05, 3.63) is 28.7 Å². The molecule has 1 saturated heterocycles. The summed E-state index contributed by atoms with van der Waals surface area (Å²) in [5.41, 5.74) is 5.06. The molecule has 132 valence electrons. The highest BCUT2D eigenvalue weighted by atomic mass is 35.5. The molecule has 1 atom stereocenters. The number of piperazine rings is 1. The van der Waals surface area contributed by atoms with E-state index in [0.717, 1.165) is 54.3 Å². The van der Waals surface area contributed by atoms with Crippen LogP contribution in [0, 0.1) is 20.8 Å². The fourth-order valence-electron chi connectivity index (χ4n) is 3.35. The lowest BCUT2D eigenvalue weighted by atomic mass is 10.1. The molecule has 0 saturated carbocycles. The van der Waals surface area contributed by atoms with Crippen molar-refractivity contribution in [2.45, 2.75) is 46.6 Å². The number of carbonyl (C=O) groups is 1. The van der Waals surface area contributed by atoms with Gasteiger partial charge in [0, 0.05) is 49.6 Å². The SMILES string of the molecule is Cc1cc2nc(C)c(CCC(=O)N3CCN[C@H](C)C3)c(C)n2n1.Cl. The van der Waals surface area contributed by atoms with Crippen molar-refractivity contribution in [3.8, 4) is 0 Å². The third-order valence-electron chi connectivity index (χ3n) is 4.60. The second-order valence-corrected chi connectivity index (χ2v) is 6.51. The molecule has 1 fully saturated rings. The molecule has 24 heavy (non-hydrogen) atoms. The molecule has 1 aliphatic rings. The van der Waals surface area contributed by atoms with E-state index in [1.165, 1.54) is 0 Å². The Labute approximate surface area is 149 Å². The molecule has 6 nitrogen and oxygen atoms in total. The molecule has 0 aliphatic carbocycles. The van der Waals surface area contributed by atoms with Crippen molar-refractivity contribution < 1.29 is 4.79 Å². The minimum Gasteiger partial charge on any atom is -0.340 e. The predicted molar refractivity (Wildman–Crippen MR) is 96.8 cm³/mol. The average molecular weight is 352 g/mol. The number of fused-ring (bicyclic) bond motifs is 1. The minimum absolute atomic E-state index is 0. The monoisotopic (exact) mass is 351 g/mol. The van der Waals surface area contributed by atoms with Crippen molar-refractivity contribution in [1.82, 2.24) is 24.8 Å². The van der Waals surface area contributed by atoms with Crippen LogP contribution in [0.15, 0.2) is 6.07 Å². The fraction of sp³-hybridized carbons (Fsp3) is 0.588. The summed E-state index contributed by atoms with van der Waals surface area (Å²) in [6, 6.07) is 2.36. The van der Waals surface area contributed by atoms with Gasteiger partial charge in [-0.15, -0.1) is 12.4 Å². The van der Waals surface area contributed by atoms with Crippen LogP contribution in [-0.4, -0.2) is 51.1 Å². The third kappa shape index (κ3) is 3.70. The van der Waals surface area contributed by atoms with Crippen molar-refractivity contribution >= 4 is 24.0 Å². The van der Waals surface area contributed by atoms with E-state index in [-0.39, 0.29) is 18.3 Å². The van der Waals surface area contributed by atoms with Gasteiger partial charge in [0.15, 0.2) is 5.65 Å². The van der Waals surface area contributed by atoms with Crippen LogP contribution in [0.25, 0.3) is 5.65 Å². The lowest BCUT2D eigenvalue weighted by Crippen LogP contribution is -2.51. The first-order valence-corrected chi connectivity index (χ1v) is 8.29. The summed E-state index contributed by atoms with van der Waals surface area (Å²) in [7, 11) is 0. The maximum absolute atomic E-state index is 12.5. The number of amides is 1. The van der Waals surface area contributed by atoms with Gasteiger partial charge in [-0.3, -0.25) is 4.79 Å². The average Bonchev–Trinajstić information content (AvgIpc) is 2.87. The number of nitrogens with one attached hydrogen (secondary N) is 1. The highest BCUT2D eigenvalue weighted by Crippen LogP contribution is 2.17. The van der Waals surface area contributed by atoms with Crippen LogP contribution >= 0.6 is 12.4 Å². The second-order valence-electron chi connectivity index (χ2n) is 6.51. The topological polar surface area (TPSA) is 62.5 Å². The Hall–Kier alpha value is -1.66. The maximum atomic E-state index is 12.5. The summed E-state index contributed by atoms with van der Waals surface area (Å²) >= 11 is 0. The van der Waals surface area contributed by atoms with Crippen molar-refractivity contribution in [1.29, 1.82) is 0 Å². The molecule has 2 aromatic heterocycles. The minimum atomic E-state index is 0. The van der Waals surface area contributed by atoms with Crippen LogP contribution in [0.2, 0.25) is 0 Å². The largest absolute Gasteiger partial charge is 0.340 e. The molecule has 0 unspecified atom stereocenters. The standard InChI is InChI=1S/C17H25N5O.ClH/c1-11-9-16-19-13(3)15(14(4)22(16)20-11)5-6-17(23)21-8-7-18-12(2)10-21;/h9,12,18H,5-8,10H2,1-4H3;1H/t12-;/m1./s1. The number of hydrogen-bond donors (Lipinski definition) is 1. The number of rotatable bonds is 3. The van der Waals surface area contributed by atoms with E-state index >= 15 is 0 Å². The van der Waals surface area contributed by atoms with E-state index in [0.29, 0.717) is 12.5 Å². The molecule has 2 aromatic rings. The number of aryl methyl sites for hydroxylation is 3. The normalized spacial score (nSPS) is 17.8. The van der Waals surface area contributed by atoms with Crippen LogP contribution in [0.1, 0.15) is 36.0 Å². The van der Waals surface area contributed by atoms with E-state index in [1.807, 2.05) is 29.3 Å². The highest BCUT2D eigenvalue weighted by Gasteiger charge is 2.21. The molecular weight excluding hydrogens is 326 g/mol. The number of nitrogens with zero attached hydrogens (tertiary/aromatic N) is 4.